The van der Waals surface area contributed by atoms with Crippen LogP contribution in [0.2, 0.25) is 0 Å². The Bertz CT molecular complexity index is 367. The van der Waals surface area contributed by atoms with Crippen molar-refractivity contribution < 1.29 is 9.53 Å². The average Bonchev–Trinajstić information content (AvgIpc) is 2.94. The number of piperidine rings is 1. The lowest BCUT2D eigenvalue weighted by Crippen LogP contribution is -2.39. The highest BCUT2D eigenvalue weighted by atomic mass is 35.5. The van der Waals surface area contributed by atoms with Crippen LogP contribution in [-0.2, 0) is 9.53 Å². The van der Waals surface area contributed by atoms with Gasteiger partial charge in [-0.15, -0.1) is 23.7 Å². The van der Waals surface area contributed by atoms with Gasteiger partial charge in [0.05, 0.1) is 7.11 Å². The van der Waals surface area contributed by atoms with Gasteiger partial charge in [-0.2, -0.15) is 0 Å². The molecular weight excluding hydrogens is 284 g/mol. The Hall–Kier alpha value is -0.620. The van der Waals surface area contributed by atoms with Crippen LogP contribution in [0.25, 0.3) is 0 Å². The van der Waals surface area contributed by atoms with Gasteiger partial charge >= 0.3 is 5.97 Å². The zero-order chi connectivity index (χ0) is 12.8. The maximum absolute atomic E-state index is 11.8. The standard InChI is InChI=1S/C13H20N2O2S.ClH/c1-17-13(16)12(11-5-3-7-18-11)15-9-10-4-2-6-14-8-10;/h3,5,7,10,12,14-15H,2,4,6,8-9H2,1H3;1H. The monoisotopic (exact) mass is 304 g/mol. The second-order valence-corrected chi connectivity index (χ2v) is 5.57. The van der Waals surface area contributed by atoms with Gasteiger partial charge in [0, 0.05) is 11.4 Å². The molecule has 2 heterocycles. The maximum atomic E-state index is 11.8. The van der Waals surface area contributed by atoms with Crippen molar-refractivity contribution in [2.75, 3.05) is 26.7 Å². The number of methoxy groups -OCH3 is 1. The largest absolute Gasteiger partial charge is 0.468 e. The van der Waals surface area contributed by atoms with Gasteiger partial charge in [0.1, 0.15) is 6.04 Å². The molecule has 1 fully saturated rings. The molecule has 1 aromatic heterocycles. The molecule has 1 aromatic rings. The van der Waals surface area contributed by atoms with Gasteiger partial charge in [0.2, 0.25) is 0 Å². The van der Waals surface area contributed by atoms with E-state index < -0.39 is 0 Å². The van der Waals surface area contributed by atoms with E-state index in [-0.39, 0.29) is 24.4 Å². The molecule has 6 heteroatoms. The smallest absolute Gasteiger partial charge is 0.328 e. The van der Waals surface area contributed by atoms with Crippen LogP contribution in [0.3, 0.4) is 0 Å². The highest BCUT2D eigenvalue weighted by Gasteiger charge is 2.23. The van der Waals surface area contributed by atoms with E-state index in [2.05, 4.69) is 10.6 Å². The van der Waals surface area contributed by atoms with Crippen molar-refractivity contribution in [3.63, 3.8) is 0 Å². The highest BCUT2D eigenvalue weighted by Crippen LogP contribution is 2.21. The van der Waals surface area contributed by atoms with E-state index in [1.54, 1.807) is 11.3 Å². The molecule has 0 spiro atoms. The summed E-state index contributed by atoms with van der Waals surface area (Å²) in [6.07, 6.45) is 2.44. The van der Waals surface area contributed by atoms with Crippen LogP contribution < -0.4 is 10.6 Å². The number of halogens is 1. The van der Waals surface area contributed by atoms with E-state index in [1.807, 2.05) is 17.5 Å². The van der Waals surface area contributed by atoms with E-state index in [1.165, 1.54) is 20.0 Å². The van der Waals surface area contributed by atoms with Crippen LogP contribution in [0.1, 0.15) is 23.8 Å². The molecule has 1 aliphatic heterocycles. The third-order valence-electron chi connectivity index (χ3n) is 3.27. The minimum Gasteiger partial charge on any atom is -0.468 e. The molecule has 0 aromatic carbocycles. The SMILES string of the molecule is COC(=O)C(NCC1CCCNC1)c1cccs1.Cl. The molecule has 2 N–H and O–H groups in total. The zero-order valence-corrected chi connectivity index (χ0v) is 12.7. The molecule has 0 amide bonds. The Morgan fingerprint density at radius 3 is 3.11 bits per heavy atom. The van der Waals surface area contributed by atoms with Gasteiger partial charge < -0.3 is 10.1 Å². The Kier molecular flexibility index (Phi) is 7.38. The number of carbonyl (C=O) groups is 1. The first-order valence-corrected chi connectivity index (χ1v) is 7.24. The maximum Gasteiger partial charge on any atom is 0.328 e. The number of rotatable bonds is 5. The fourth-order valence-electron chi connectivity index (χ4n) is 2.26. The summed E-state index contributed by atoms with van der Waals surface area (Å²) in [5, 5.41) is 8.70. The van der Waals surface area contributed by atoms with Gasteiger partial charge in [-0.25, -0.2) is 4.79 Å². The average molecular weight is 305 g/mol. The molecule has 1 aliphatic rings. The number of carbonyl (C=O) groups excluding carboxylic acids is 1. The lowest BCUT2D eigenvalue weighted by Gasteiger charge is -2.25. The number of hydrogen-bond donors (Lipinski definition) is 2. The summed E-state index contributed by atoms with van der Waals surface area (Å²) >= 11 is 1.58. The molecular formula is C13H21ClN2O2S. The van der Waals surface area contributed by atoms with Crippen molar-refractivity contribution >= 4 is 29.7 Å². The van der Waals surface area contributed by atoms with Crippen molar-refractivity contribution in [2.24, 2.45) is 5.92 Å². The van der Waals surface area contributed by atoms with Crippen molar-refractivity contribution in [3.8, 4) is 0 Å². The normalized spacial score (nSPS) is 20.4. The Morgan fingerprint density at radius 1 is 1.68 bits per heavy atom. The van der Waals surface area contributed by atoms with Crippen LogP contribution >= 0.6 is 23.7 Å². The molecule has 2 rings (SSSR count). The van der Waals surface area contributed by atoms with Gasteiger partial charge in [0.15, 0.2) is 0 Å². The highest BCUT2D eigenvalue weighted by molar-refractivity contribution is 7.10. The molecule has 2 unspecified atom stereocenters. The Morgan fingerprint density at radius 2 is 2.53 bits per heavy atom. The zero-order valence-electron chi connectivity index (χ0n) is 11.1. The number of thiophene rings is 1. The quantitative estimate of drug-likeness (QED) is 0.817. The van der Waals surface area contributed by atoms with Crippen LogP contribution in [0.5, 0.6) is 0 Å². The first-order valence-electron chi connectivity index (χ1n) is 6.36. The number of ether oxygens (including phenoxy) is 1. The first kappa shape index (κ1) is 16.4. The second kappa shape index (κ2) is 8.53. The summed E-state index contributed by atoms with van der Waals surface area (Å²) in [6, 6.07) is 3.61. The molecule has 0 saturated carbocycles. The van der Waals surface area contributed by atoms with Crippen LogP contribution in [-0.4, -0.2) is 32.7 Å². The number of hydrogen-bond acceptors (Lipinski definition) is 5. The lowest BCUT2D eigenvalue weighted by molar-refractivity contribution is -0.143. The summed E-state index contributed by atoms with van der Waals surface area (Å²) in [5.41, 5.74) is 0. The van der Waals surface area contributed by atoms with Crippen LogP contribution in [0, 0.1) is 5.92 Å². The Balaban J connectivity index is 0.00000180. The van der Waals surface area contributed by atoms with Crippen molar-refractivity contribution in [2.45, 2.75) is 18.9 Å². The summed E-state index contributed by atoms with van der Waals surface area (Å²) in [5.74, 6) is 0.395. The van der Waals surface area contributed by atoms with Crippen LogP contribution in [0.15, 0.2) is 17.5 Å². The van der Waals surface area contributed by atoms with Crippen molar-refractivity contribution in [1.82, 2.24) is 10.6 Å². The lowest BCUT2D eigenvalue weighted by atomic mass is 9.99. The second-order valence-electron chi connectivity index (χ2n) is 4.59. The van der Waals surface area contributed by atoms with E-state index in [9.17, 15) is 4.79 Å². The fraction of sp³-hybridized carbons (Fsp3) is 0.615. The summed E-state index contributed by atoms with van der Waals surface area (Å²) < 4.78 is 4.87. The van der Waals surface area contributed by atoms with E-state index >= 15 is 0 Å². The number of esters is 1. The van der Waals surface area contributed by atoms with Gasteiger partial charge in [-0.05, 0) is 43.3 Å². The van der Waals surface area contributed by atoms with Crippen molar-refractivity contribution in [1.29, 1.82) is 0 Å². The molecule has 1 saturated heterocycles. The third kappa shape index (κ3) is 4.76. The summed E-state index contributed by atoms with van der Waals surface area (Å²) in [7, 11) is 1.44. The minimum absolute atomic E-state index is 0. The van der Waals surface area contributed by atoms with E-state index in [0.29, 0.717) is 5.92 Å². The predicted molar refractivity (Wildman–Crippen MR) is 79.9 cm³/mol. The molecule has 0 aliphatic carbocycles. The van der Waals surface area contributed by atoms with Crippen molar-refractivity contribution in [3.05, 3.63) is 22.4 Å². The molecule has 108 valence electrons. The minimum atomic E-state index is -0.322. The molecule has 0 bridgehead atoms. The Labute approximate surface area is 124 Å². The molecule has 0 radical (unpaired) electrons. The summed E-state index contributed by atoms with van der Waals surface area (Å²) in [4.78, 5) is 12.8. The summed E-state index contributed by atoms with van der Waals surface area (Å²) in [6.45, 7) is 3.00. The van der Waals surface area contributed by atoms with E-state index in [0.717, 1.165) is 24.5 Å². The third-order valence-corrected chi connectivity index (χ3v) is 4.21. The molecule has 2 atom stereocenters. The number of nitrogens with one attached hydrogen (secondary N) is 2. The molecule has 19 heavy (non-hydrogen) atoms. The predicted octanol–water partition coefficient (Wildman–Crippen LogP) is 1.97. The first-order chi connectivity index (χ1) is 8.81. The van der Waals surface area contributed by atoms with Gasteiger partial charge in [-0.1, -0.05) is 6.07 Å². The molecule has 4 nitrogen and oxygen atoms in total. The topological polar surface area (TPSA) is 50.4 Å². The van der Waals surface area contributed by atoms with Crippen LogP contribution in [0.4, 0.5) is 0 Å². The van der Waals surface area contributed by atoms with E-state index in [4.69, 9.17) is 4.74 Å². The van der Waals surface area contributed by atoms with Gasteiger partial charge in [-0.3, -0.25) is 5.32 Å². The van der Waals surface area contributed by atoms with Gasteiger partial charge in [0.25, 0.3) is 0 Å². The fourth-order valence-corrected chi connectivity index (χ4v) is 3.04.